The van der Waals surface area contributed by atoms with Crippen LogP contribution in [0.1, 0.15) is 24.6 Å². The van der Waals surface area contributed by atoms with Gasteiger partial charge in [-0.2, -0.15) is 0 Å². The van der Waals surface area contributed by atoms with Crippen LogP contribution < -0.4 is 5.32 Å². The number of pyridine rings is 1. The maximum atomic E-state index is 4.36. The maximum absolute atomic E-state index is 4.36. The van der Waals surface area contributed by atoms with E-state index in [1.165, 1.54) is 29.6 Å². The molecule has 4 heteroatoms. The van der Waals surface area contributed by atoms with Crippen molar-refractivity contribution >= 4 is 10.8 Å². The van der Waals surface area contributed by atoms with E-state index in [1.54, 1.807) is 0 Å². The molecule has 0 aliphatic carbocycles. The second kappa shape index (κ2) is 4.72. The van der Waals surface area contributed by atoms with Gasteiger partial charge in [-0.1, -0.05) is 12.1 Å². The van der Waals surface area contributed by atoms with Crippen molar-refractivity contribution in [3.63, 3.8) is 0 Å². The molecule has 1 aliphatic rings. The Hall–Kier alpha value is -2.20. The molecule has 0 spiro atoms. The SMILES string of the molecule is c1cc(-n2cncc2[C@@H]2CCCN2)c2ccncc2c1. The van der Waals surface area contributed by atoms with Gasteiger partial charge >= 0.3 is 0 Å². The molecule has 1 aromatic carbocycles. The number of benzene rings is 1. The summed E-state index contributed by atoms with van der Waals surface area (Å²) >= 11 is 0. The van der Waals surface area contributed by atoms with E-state index >= 15 is 0 Å². The van der Waals surface area contributed by atoms with E-state index in [2.05, 4.69) is 44.1 Å². The van der Waals surface area contributed by atoms with Gasteiger partial charge in [0.1, 0.15) is 0 Å². The summed E-state index contributed by atoms with van der Waals surface area (Å²) in [7, 11) is 0. The van der Waals surface area contributed by atoms with E-state index in [9.17, 15) is 0 Å². The molecule has 0 radical (unpaired) electrons. The Kier molecular flexibility index (Phi) is 2.74. The highest BCUT2D eigenvalue weighted by Gasteiger charge is 2.20. The Labute approximate surface area is 117 Å². The molecule has 4 rings (SSSR count). The summed E-state index contributed by atoms with van der Waals surface area (Å²) in [5.74, 6) is 0. The normalized spacial score (nSPS) is 18.7. The minimum atomic E-state index is 0.412. The van der Waals surface area contributed by atoms with Crippen LogP contribution in [-0.2, 0) is 0 Å². The maximum Gasteiger partial charge on any atom is 0.0994 e. The van der Waals surface area contributed by atoms with Gasteiger partial charge < -0.3 is 9.88 Å². The third-order valence-corrected chi connectivity index (χ3v) is 4.00. The lowest BCUT2D eigenvalue weighted by Crippen LogP contribution is -2.16. The summed E-state index contributed by atoms with van der Waals surface area (Å²) in [4.78, 5) is 8.56. The van der Waals surface area contributed by atoms with Gasteiger partial charge in [0.2, 0.25) is 0 Å². The monoisotopic (exact) mass is 264 g/mol. The van der Waals surface area contributed by atoms with Gasteiger partial charge in [-0.15, -0.1) is 0 Å². The predicted octanol–water partition coefficient (Wildman–Crippen LogP) is 2.85. The summed E-state index contributed by atoms with van der Waals surface area (Å²) in [6.07, 6.45) is 10.0. The number of nitrogens with zero attached hydrogens (tertiary/aromatic N) is 3. The third-order valence-electron chi connectivity index (χ3n) is 4.00. The van der Waals surface area contributed by atoms with Gasteiger partial charge in [-0.25, -0.2) is 4.98 Å². The highest BCUT2D eigenvalue weighted by molar-refractivity contribution is 5.89. The molecule has 20 heavy (non-hydrogen) atoms. The summed E-state index contributed by atoms with van der Waals surface area (Å²) in [6, 6.07) is 8.79. The molecule has 0 bridgehead atoms. The van der Waals surface area contributed by atoms with Gasteiger partial charge in [0.25, 0.3) is 0 Å². The van der Waals surface area contributed by atoms with Crippen LogP contribution in [0.3, 0.4) is 0 Å². The first-order valence-corrected chi connectivity index (χ1v) is 7.02. The molecule has 3 aromatic rings. The molecule has 3 heterocycles. The zero-order chi connectivity index (χ0) is 13.4. The van der Waals surface area contributed by atoms with E-state index in [-0.39, 0.29) is 0 Å². The molecule has 4 nitrogen and oxygen atoms in total. The Morgan fingerprint density at radius 1 is 1.15 bits per heavy atom. The Morgan fingerprint density at radius 3 is 3.05 bits per heavy atom. The van der Waals surface area contributed by atoms with Gasteiger partial charge in [0.15, 0.2) is 0 Å². The molecule has 1 N–H and O–H groups in total. The number of rotatable bonds is 2. The lowest BCUT2D eigenvalue weighted by molar-refractivity contribution is 0.616. The van der Waals surface area contributed by atoms with Crippen molar-refractivity contribution < 1.29 is 0 Å². The van der Waals surface area contributed by atoms with Gasteiger partial charge in [0, 0.05) is 29.2 Å². The summed E-state index contributed by atoms with van der Waals surface area (Å²) in [6.45, 7) is 1.09. The van der Waals surface area contributed by atoms with Crippen LogP contribution in [0.25, 0.3) is 16.5 Å². The molecule has 0 amide bonds. The van der Waals surface area contributed by atoms with Crippen molar-refractivity contribution in [2.45, 2.75) is 18.9 Å². The predicted molar refractivity (Wildman–Crippen MR) is 78.8 cm³/mol. The van der Waals surface area contributed by atoms with Gasteiger partial charge in [-0.05, 0) is 31.5 Å². The number of hydrogen-bond acceptors (Lipinski definition) is 3. The molecular weight excluding hydrogens is 248 g/mol. The van der Waals surface area contributed by atoms with Crippen LogP contribution in [0.2, 0.25) is 0 Å². The quantitative estimate of drug-likeness (QED) is 0.774. The number of aromatic nitrogens is 3. The van der Waals surface area contributed by atoms with Crippen LogP contribution in [0.15, 0.2) is 49.2 Å². The number of nitrogens with one attached hydrogen (secondary N) is 1. The van der Waals surface area contributed by atoms with E-state index in [0.29, 0.717) is 6.04 Å². The molecule has 0 saturated carbocycles. The van der Waals surface area contributed by atoms with Gasteiger partial charge in [0.05, 0.1) is 23.9 Å². The topological polar surface area (TPSA) is 42.7 Å². The second-order valence-electron chi connectivity index (χ2n) is 5.21. The minimum Gasteiger partial charge on any atom is -0.309 e. The fourth-order valence-electron chi connectivity index (χ4n) is 3.02. The first kappa shape index (κ1) is 11.6. The van der Waals surface area contributed by atoms with Crippen LogP contribution >= 0.6 is 0 Å². The lowest BCUT2D eigenvalue weighted by Gasteiger charge is -2.15. The zero-order valence-corrected chi connectivity index (χ0v) is 11.2. The van der Waals surface area contributed by atoms with E-state index in [0.717, 1.165) is 11.9 Å². The first-order chi connectivity index (χ1) is 9.93. The van der Waals surface area contributed by atoms with Crippen molar-refractivity contribution in [1.82, 2.24) is 19.9 Å². The van der Waals surface area contributed by atoms with Crippen molar-refractivity contribution in [3.8, 4) is 5.69 Å². The van der Waals surface area contributed by atoms with Crippen molar-refractivity contribution in [2.75, 3.05) is 6.54 Å². The highest BCUT2D eigenvalue weighted by Crippen LogP contribution is 2.28. The van der Waals surface area contributed by atoms with Crippen LogP contribution in [0, 0.1) is 0 Å². The summed E-state index contributed by atoms with van der Waals surface area (Å²) in [5, 5.41) is 5.91. The average molecular weight is 264 g/mol. The van der Waals surface area contributed by atoms with Crippen LogP contribution in [0.5, 0.6) is 0 Å². The number of imidazole rings is 1. The van der Waals surface area contributed by atoms with Crippen molar-refractivity contribution in [3.05, 3.63) is 54.9 Å². The average Bonchev–Trinajstić information content (AvgIpc) is 3.17. The van der Waals surface area contributed by atoms with Crippen molar-refractivity contribution in [1.29, 1.82) is 0 Å². The van der Waals surface area contributed by atoms with E-state index < -0.39 is 0 Å². The molecule has 1 atom stereocenters. The number of hydrogen-bond donors (Lipinski definition) is 1. The largest absolute Gasteiger partial charge is 0.309 e. The Balaban J connectivity index is 1.89. The zero-order valence-electron chi connectivity index (χ0n) is 11.2. The molecule has 100 valence electrons. The second-order valence-corrected chi connectivity index (χ2v) is 5.21. The fourth-order valence-corrected chi connectivity index (χ4v) is 3.02. The van der Waals surface area contributed by atoms with Gasteiger partial charge in [-0.3, -0.25) is 4.98 Å². The fraction of sp³-hybridized carbons (Fsp3) is 0.250. The molecule has 1 aliphatic heterocycles. The standard InChI is InChI=1S/C16H16N4/c1-3-12-9-17-8-6-13(12)15(5-1)20-11-18-10-16(20)14-4-2-7-19-14/h1,3,5-6,8-11,14,19H,2,4,7H2/t14-/m0/s1. The molecular formula is C16H16N4. The van der Waals surface area contributed by atoms with E-state index in [1.807, 2.05) is 24.9 Å². The van der Waals surface area contributed by atoms with Crippen LogP contribution in [0.4, 0.5) is 0 Å². The summed E-state index contributed by atoms with van der Waals surface area (Å²) in [5.41, 5.74) is 2.41. The smallest absolute Gasteiger partial charge is 0.0994 e. The third kappa shape index (κ3) is 1.80. The highest BCUT2D eigenvalue weighted by atomic mass is 15.1. The molecule has 1 saturated heterocycles. The number of fused-ring (bicyclic) bond motifs is 1. The van der Waals surface area contributed by atoms with Crippen molar-refractivity contribution in [2.24, 2.45) is 0 Å². The molecule has 0 unspecified atom stereocenters. The summed E-state index contributed by atoms with van der Waals surface area (Å²) < 4.78 is 2.20. The Morgan fingerprint density at radius 2 is 2.15 bits per heavy atom. The van der Waals surface area contributed by atoms with Crippen LogP contribution in [-0.4, -0.2) is 21.1 Å². The molecule has 2 aromatic heterocycles. The first-order valence-electron chi connectivity index (χ1n) is 7.02. The molecule has 1 fully saturated rings. The Bertz CT molecular complexity index is 736. The lowest BCUT2D eigenvalue weighted by atomic mass is 10.1. The van der Waals surface area contributed by atoms with E-state index in [4.69, 9.17) is 0 Å². The minimum absolute atomic E-state index is 0.412.